The summed E-state index contributed by atoms with van der Waals surface area (Å²) in [4.78, 5) is 4.72. The van der Waals surface area contributed by atoms with E-state index >= 15 is 0 Å². The average molecular weight is 1150 g/mol. The van der Waals surface area contributed by atoms with Gasteiger partial charge in [-0.2, -0.15) is 0 Å². The standard InChI is InChI=1S/C88H64N2/c1-57-29-41-68(42-30-57)89(69-43-31-58(2)32-44-69)72-49-37-61(38-50-72)84-76-21-9-13-25-80(76)87(81-26-14-10-22-77(81)84)66-54-65(86-74-19-7-5-17-63(74)53-64-18-6-8-20-75(64)86)55-67(56-66)88-82-27-15-11-23-78(82)85(79-24-12-16-28-83(79)88)62-39-51-73(52-40-62)90(70-45-33-59(3)34-46-70)71-47-35-60(4)36-48-71/h5-56H,1-4H3. The average Bonchev–Trinajstić information content (AvgIpc) is 1.02. The second kappa shape index (κ2) is 22.4. The third-order valence-corrected chi connectivity index (χ3v) is 18.4. The molecule has 0 aromatic heterocycles. The van der Waals surface area contributed by atoms with Gasteiger partial charge in [-0.1, -0.05) is 241 Å². The van der Waals surface area contributed by atoms with Gasteiger partial charge in [-0.3, -0.25) is 0 Å². The molecule has 0 saturated carbocycles. The van der Waals surface area contributed by atoms with Crippen LogP contribution in [0.25, 0.3) is 120 Å². The Morgan fingerprint density at radius 2 is 0.356 bits per heavy atom. The minimum Gasteiger partial charge on any atom is -0.311 e. The number of hydrogen-bond acceptors (Lipinski definition) is 2. The van der Waals surface area contributed by atoms with Gasteiger partial charge in [0.1, 0.15) is 0 Å². The van der Waals surface area contributed by atoms with Crippen molar-refractivity contribution in [3.8, 4) is 55.6 Å². The Morgan fingerprint density at radius 1 is 0.167 bits per heavy atom. The summed E-state index contributed by atoms with van der Waals surface area (Å²) in [5, 5.41) is 14.6. The maximum Gasteiger partial charge on any atom is 0.0462 e. The molecule has 426 valence electrons. The molecular weight excluding hydrogens is 1080 g/mol. The van der Waals surface area contributed by atoms with Crippen molar-refractivity contribution in [1.29, 1.82) is 0 Å². The second-order valence-corrected chi connectivity index (χ2v) is 24.3. The molecule has 90 heavy (non-hydrogen) atoms. The topological polar surface area (TPSA) is 6.48 Å². The second-order valence-electron chi connectivity index (χ2n) is 24.3. The molecule has 2 heteroatoms. The van der Waals surface area contributed by atoms with E-state index in [1.54, 1.807) is 0 Å². The Labute approximate surface area is 526 Å². The lowest BCUT2D eigenvalue weighted by molar-refractivity contribution is 1.27. The molecule has 0 unspecified atom stereocenters. The van der Waals surface area contributed by atoms with E-state index in [0.29, 0.717) is 0 Å². The van der Waals surface area contributed by atoms with Crippen LogP contribution in [-0.4, -0.2) is 0 Å². The van der Waals surface area contributed by atoms with Crippen LogP contribution in [-0.2, 0) is 0 Å². The Balaban J connectivity index is 0.913. The quantitative estimate of drug-likeness (QED) is 0.119. The zero-order valence-electron chi connectivity index (χ0n) is 50.9. The monoisotopic (exact) mass is 1150 g/mol. The highest BCUT2D eigenvalue weighted by atomic mass is 15.1. The molecule has 16 aromatic carbocycles. The molecule has 0 amide bonds. The van der Waals surface area contributed by atoms with E-state index in [2.05, 4.69) is 353 Å². The van der Waals surface area contributed by atoms with Gasteiger partial charge in [-0.15, -0.1) is 0 Å². The van der Waals surface area contributed by atoms with Crippen LogP contribution >= 0.6 is 0 Å². The van der Waals surface area contributed by atoms with Crippen molar-refractivity contribution in [2.24, 2.45) is 0 Å². The Bertz CT molecular complexity index is 4870. The van der Waals surface area contributed by atoms with E-state index < -0.39 is 0 Å². The Kier molecular flexibility index (Phi) is 13.5. The van der Waals surface area contributed by atoms with E-state index in [9.17, 15) is 0 Å². The van der Waals surface area contributed by atoms with Gasteiger partial charge in [-0.05, 0) is 245 Å². The van der Waals surface area contributed by atoms with Gasteiger partial charge in [0, 0.05) is 34.1 Å². The molecule has 0 heterocycles. The van der Waals surface area contributed by atoms with Gasteiger partial charge in [0.15, 0.2) is 0 Å². The molecule has 0 bridgehead atoms. The largest absolute Gasteiger partial charge is 0.311 e. The maximum absolute atomic E-state index is 2.50. The Morgan fingerprint density at radius 3 is 0.600 bits per heavy atom. The molecule has 0 spiro atoms. The van der Waals surface area contributed by atoms with Crippen LogP contribution in [0.2, 0.25) is 0 Å². The maximum atomic E-state index is 2.50. The van der Waals surface area contributed by atoms with Crippen LogP contribution in [0.4, 0.5) is 34.1 Å². The molecular formula is C88H64N2. The molecule has 0 fully saturated rings. The fraction of sp³-hybridized carbons (Fsp3) is 0.0455. The van der Waals surface area contributed by atoms with Crippen LogP contribution in [0.15, 0.2) is 315 Å². The van der Waals surface area contributed by atoms with Crippen molar-refractivity contribution >= 4 is 98.8 Å². The van der Waals surface area contributed by atoms with Gasteiger partial charge in [0.2, 0.25) is 0 Å². The van der Waals surface area contributed by atoms with Gasteiger partial charge in [0.25, 0.3) is 0 Å². The predicted molar refractivity (Wildman–Crippen MR) is 387 cm³/mol. The minimum atomic E-state index is 1.10. The van der Waals surface area contributed by atoms with E-state index in [4.69, 9.17) is 0 Å². The number of hydrogen-bond donors (Lipinski definition) is 0. The lowest BCUT2D eigenvalue weighted by Gasteiger charge is -2.26. The molecule has 0 atom stereocenters. The van der Waals surface area contributed by atoms with Crippen LogP contribution < -0.4 is 9.80 Å². The molecule has 0 saturated heterocycles. The first-order chi connectivity index (χ1) is 44.3. The predicted octanol–water partition coefficient (Wildman–Crippen LogP) is 25.1. The number of rotatable bonds is 11. The molecule has 16 aromatic rings. The number of fused-ring (bicyclic) bond motifs is 6. The van der Waals surface area contributed by atoms with Crippen molar-refractivity contribution in [3.05, 3.63) is 338 Å². The van der Waals surface area contributed by atoms with Crippen LogP contribution in [0.3, 0.4) is 0 Å². The fourth-order valence-corrected chi connectivity index (χ4v) is 14.1. The van der Waals surface area contributed by atoms with Gasteiger partial charge >= 0.3 is 0 Å². The highest BCUT2D eigenvalue weighted by Crippen LogP contribution is 2.51. The van der Waals surface area contributed by atoms with Crippen LogP contribution in [0.1, 0.15) is 22.3 Å². The summed E-state index contributed by atoms with van der Waals surface area (Å²) in [6, 6.07) is 118. The van der Waals surface area contributed by atoms with Gasteiger partial charge < -0.3 is 9.80 Å². The summed E-state index contributed by atoms with van der Waals surface area (Å²) in [6.45, 7) is 8.59. The first kappa shape index (κ1) is 54.1. The highest BCUT2D eigenvalue weighted by Gasteiger charge is 2.24. The van der Waals surface area contributed by atoms with Crippen molar-refractivity contribution in [2.75, 3.05) is 9.80 Å². The molecule has 0 aliphatic heterocycles. The molecule has 0 aliphatic carbocycles. The third-order valence-electron chi connectivity index (χ3n) is 18.4. The molecule has 0 radical (unpaired) electrons. The number of aryl methyl sites for hydroxylation is 4. The van der Waals surface area contributed by atoms with Gasteiger partial charge in [-0.25, -0.2) is 0 Å². The molecule has 16 rings (SSSR count). The lowest BCUT2D eigenvalue weighted by Crippen LogP contribution is -2.09. The number of anilines is 6. The minimum absolute atomic E-state index is 1.10. The zero-order valence-corrected chi connectivity index (χ0v) is 50.9. The first-order valence-corrected chi connectivity index (χ1v) is 31.3. The molecule has 0 aliphatic rings. The van der Waals surface area contributed by atoms with E-state index in [1.165, 1.54) is 143 Å². The zero-order chi connectivity index (χ0) is 60.4. The summed E-state index contributed by atoms with van der Waals surface area (Å²) >= 11 is 0. The summed E-state index contributed by atoms with van der Waals surface area (Å²) in [6.07, 6.45) is 0. The lowest BCUT2D eigenvalue weighted by atomic mass is 9.81. The van der Waals surface area contributed by atoms with Crippen molar-refractivity contribution in [2.45, 2.75) is 27.7 Å². The van der Waals surface area contributed by atoms with Crippen LogP contribution in [0, 0.1) is 27.7 Å². The molecule has 2 nitrogen and oxygen atoms in total. The summed E-state index contributed by atoms with van der Waals surface area (Å²) in [7, 11) is 0. The summed E-state index contributed by atoms with van der Waals surface area (Å²) in [5.74, 6) is 0. The van der Waals surface area contributed by atoms with Gasteiger partial charge in [0.05, 0.1) is 0 Å². The smallest absolute Gasteiger partial charge is 0.0462 e. The van der Waals surface area contributed by atoms with Crippen LogP contribution in [0.5, 0.6) is 0 Å². The normalized spacial score (nSPS) is 11.6. The van der Waals surface area contributed by atoms with Crippen molar-refractivity contribution in [3.63, 3.8) is 0 Å². The SMILES string of the molecule is Cc1ccc(N(c2ccc(C)cc2)c2ccc(-c3c4ccccc4c(-c4cc(-c5c6ccccc6cc6ccccc56)cc(-c5c6ccccc6c(-c6ccc(N(c7ccc(C)cc7)c7ccc(C)cc7)cc6)c6ccccc56)c4)c4ccccc34)cc2)cc1. The van der Waals surface area contributed by atoms with E-state index in [-0.39, 0.29) is 0 Å². The summed E-state index contributed by atoms with van der Waals surface area (Å²) in [5.41, 5.74) is 23.6. The van der Waals surface area contributed by atoms with Crippen molar-refractivity contribution in [1.82, 2.24) is 0 Å². The highest BCUT2D eigenvalue weighted by molar-refractivity contribution is 6.25. The fourth-order valence-electron chi connectivity index (χ4n) is 14.1. The first-order valence-electron chi connectivity index (χ1n) is 31.3. The number of benzene rings is 16. The third kappa shape index (κ3) is 9.53. The summed E-state index contributed by atoms with van der Waals surface area (Å²) < 4.78 is 0. The number of nitrogens with zero attached hydrogens (tertiary/aromatic N) is 2. The van der Waals surface area contributed by atoms with E-state index in [0.717, 1.165) is 34.1 Å². The molecule has 0 N–H and O–H groups in total. The van der Waals surface area contributed by atoms with E-state index in [1.807, 2.05) is 0 Å². The van der Waals surface area contributed by atoms with Crippen molar-refractivity contribution < 1.29 is 0 Å². The Hall–Kier alpha value is -11.3.